The minimum Gasteiger partial charge on any atom is -0.387 e. The van der Waals surface area contributed by atoms with Gasteiger partial charge in [0.2, 0.25) is 0 Å². The number of hydrogen-bond donors (Lipinski definition) is 2. The predicted molar refractivity (Wildman–Crippen MR) is 89.0 cm³/mol. The zero-order chi connectivity index (χ0) is 16.7. The largest absolute Gasteiger partial charge is 0.387 e. The minimum atomic E-state index is -0.695. The lowest BCUT2D eigenvalue weighted by atomic mass is 10.0. The van der Waals surface area contributed by atoms with Crippen LogP contribution in [-0.2, 0) is 0 Å². The highest BCUT2D eigenvalue weighted by atomic mass is 19.1. The van der Waals surface area contributed by atoms with Crippen LogP contribution in [0.4, 0.5) is 4.39 Å². The SMILES string of the molecule is CC(NC/C=C/c1ccc(C#N)cc1)C(O)c1ccc(F)cc1. The molecule has 2 aromatic carbocycles. The predicted octanol–water partition coefficient (Wildman–Crippen LogP) is 3.42. The summed E-state index contributed by atoms with van der Waals surface area (Å²) in [5.74, 6) is -0.313. The minimum absolute atomic E-state index is 0.161. The maximum atomic E-state index is 12.9. The summed E-state index contributed by atoms with van der Waals surface area (Å²) in [4.78, 5) is 0. The van der Waals surface area contributed by atoms with Gasteiger partial charge in [-0.25, -0.2) is 4.39 Å². The van der Waals surface area contributed by atoms with Crippen molar-refractivity contribution < 1.29 is 9.50 Å². The zero-order valence-electron chi connectivity index (χ0n) is 12.9. The highest BCUT2D eigenvalue weighted by Crippen LogP contribution is 2.17. The normalized spacial score (nSPS) is 13.7. The molecule has 2 unspecified atom stereocenters. The van der Waals surface area contributed by atoms with Crippen LogP contribution in [0.15, 0.2) is 54.6 Å². The van der Waals surface area contributed by atoms with Crippen LogP contribution in [0.3, 0.4) is 0 Å². The quantitative estimate of drug-likeness (QED) is 0.859. The number of aliphatic hydroxyl groups excluding tert-OH is 1. The highest BCUT2D eigenvalue weighted by Gasteiger charge is 2.15. The van der Waals surface area contributed by atoms with Crippen LogP contribution in [-0.4, -0.2) is 17.7 Å². The van der Waals surface area contributed by atoms with Gasteiger partial charge in [0.15, 0.2) is 0 Å². The smallest absolute Gasteiger partial charge is 0.123 e. The Hall–Kier alpha value is -2.48. The third-order valence-corrected chi connectivity index (χ3v) is 3.59. The van der Waals surface area contributed by atoms with Gasteiger partial charge in [-0.1, -0.05) is 36.4 Å². The fraction of sp³-hybridized carbons (Fsp3) is 0.211. The van der Waals surface area contributed by atoms with Gasteiger partial charge in [-0.2, -0.15) is 5.26 Å². The van der Waals surface area contributed by atoms with Crippen molar-refractivity contribution in [3.05, 3.63) is 77.1 Å². The maximum absolute atomic E-state index is 12.9. The number of nitriles is 1. The second kappa shape index (κ2) is 8.23. The van der Waals surface area contributed by atoms with Crippen molar-refractivity contribution in [1.29, 1.82) is 5.26 Å². The van der Waals surface area contributed by atoms with E-state index >= 15 is 0 Å². The van der Waals surface area contributed by atoms with E-state index in [2.05, 4.69) is 11.4 Å². The average Bonchev–Trinajstić information content (AvgIpc) is 2.59. The molecule has 0 radical (unpaired) electrons. The zero-order valence-corrected chi connectivity index (χ0v) is 12.9. The molecule has 2 N–H and O–H groups in total. The van der Waals surface area contributed by atoms with Gasteiger partial charge in [-0.3, -0.25) is 0 Å². The van der Waals surface area contributed by atoms with E-state index in [9.17, 15) is 9.50 Å². The third kappa shape index (κ3) is 5.03. The lowest BCUT2D eigenvalue weighted by Crippen LogP contribution is -2.32. The standard InChI is InChI=1S/C19H19FN2O/c1-14(19(23)17-8-10-18(20)11-9-17)22-12-2-3-15-4-6-16(13-21)7-5-15/h2-11,14,19,22-23H,12H2,1H3/b3-2+. The molecule has 0 bridgehead atoms. The van der Waals surface area contributed by atoms with Gasteiger partial charge in [0.1, 0.15) is 5.82 Å². The Morgan fingerprint density at radius 1 is 1.17 bits per heavy atom. The summed E-state index contributed by atoms with van der Waals surface area (Å²) < 4.78 is 12.9. The molecule has 0 aromatic heterocycles. The summed E-state index contributed by atoms with van der Waals surface area (Å²) in [7, 11) is 0. The molecule has 0 aliphatic rings. The number of halogens is 1. The maximum Gasteiger partial charge on any atom is 0.123 e. The van der Waals surface area contributed by atoms with Crippen molar-refractivity contribution in [1.82, 2.24) is 5.32 Å². The first-order valence-corrected chi connectivity index (χ1v) is 7.44. The fourth-order valence-electron chi connectivity index (χ4n) is 2.18. The number of rotatable bonds is 6. The molecular weight excluding hydrogens is 291 g/mol. The summed E-state index contributed by atoms with van der Waals surface area (Å²) >= 11 is 0. The average molecular weight is 310 g/mol. The summed E-state index contributed by atoms with van der Waals surface area (Å²) in [6.07, 6.45) is 3.21. The van der Waals surface area contributed by atoms with Crippen LogP contribution in [0.2, 0.25) is 0 Å². The molecule has 0 aliphatic carbocycles. The van der Waals surface area contributed by atoms with E-state index in [1.165, 1.54) is 12.1 Å². The molecular formula is C19H19FN2O. The molecule has 2 aromatic rings. The summed E-state index contributed by atoms with van der Waals surface area (Å²) in [6, 6.07) is 15.1. The van der Waals surface area contributed by atoms with Crippen LogP contribution in [0.1, 0.15) is 29.7 Å². The number of nitrogens with zero attached hydrogens (tertiary/aromatic N) is 1. The topological polar surface area (TPSA) is 56.0 Å². The molecule has 2 atom stereocenters. The molecule has 0 saturated heterocycles. The van der Waals surface area contributed by atoms with E-state index in [0.717, 1.165) is 5.56 Å². The summed E-state index contributed by atoms with van der Waals surface area (Å²) in [5.41, 5.74) is 2.33. The molecule has 0 fully saturated rings. The van der Waals surface area contributed by atoms with Crippen LogP contribution in [0.25, 0.3) is 6.08 Å². The lowest BCUT2D eigenvalue weighted by molar-refractivity contribution is 0.138. The van der Waals surface area contributed by atoms with Gasteiger partial charge in [-0.05, 0) is 42.3 Å². The Kier molecular flexibility index (Phi) is 6.04. The number of benzene rings is 2. The van der Waals surface area contributed by atoms with Crippen molar-refractivity contribution in [2.24, 2.45) is 0 Å². The van der Waals surface area contributed by atoms with Crippen molar-refractivity contribution >= 4 is 6.08 Å². The van der Waals surface area contributed by atoms with Crippen LogP contribution in [0.5, 0.6) is 0 Å². The van der Waals surface area contributed by atoms with E-state index in [0.29, 0.717) is 17.7 Å². The Morgan fingerprint density at radius 3 is 2.43 bits per heavy atom. The molecule has 0 aliphatic heterocycles. The van der Waals surface area contributed by atoms with E-state index < -0.39 is 6.10 Å². The molecule has 23 heavy (non-hydrogen) atoms. The highest BCUT2D eigenvalue weighted by molar-refractivity contribution is 5.51. The van der Waals surface area contributed by atoms with Crippen molar-refractivity contribution in [3.63, 3.8) is 0 Å². The Balaban J connectivity index is 1.83. The van der Waals surface area contributed by atoms with Gasteiger partial charge in [0.05, 0.1) is 17.7 Å². The van der Waals surface area contributed by atoms with E-state index in [1.54, 1.807) is 24.3 Å². The second-order valence-electron chi connectivity index (χ2n) is 5.33. The van der Waals surface area contributed by atoms with Gasteiger partial charge < -0.3 is 10.4 Å². The summed E-state index contributed by atoms with van der Waals surface area (Å²) in [5, 5.41) is 22.2. The first-order valence-electron chi connectivity index (χ1n) is 7.44. The molecule has 0 spiro atoms. The summed E-state index contributed by atoms with van der Waals surface area (Å²) in [6.45, 7) is 2.48. The van der Waals surface area contributed by atoms with Crippen molar-refractivity contribution in [2.75, 3.05) is 6.54 Å². The first-order chi connectivity index (χ1) is 11.1. The Labute approximate surface area is 135 Å². The third-order valence-electron chi connectivity index (χ3n) is 3.59. The van der Waals surface area contributed by atoms with Gasteiger partial charge in [0, 0.05) is 12.6 Å². The van der Waals surface area contributed by atoms with Crippen molar-refractivity contribution in [3.8, 4) is 6.07 Å². The molecule has 3 nitrogen and oxygen atoms in total. The van der Waals surface area contributed by atoms with Gasteiger partial charge >= 0.3 is 0 Å². The monoisotopic (exact) mass is 310 g/mol. The van der Waals surface area contributed by atoms with Gasteiger partial charge in [-0.15, -0.1) is 0 Å². The van der Waals surface area contributed by atoms with Crippen LogP contribution < -0.4 is 5.32 Å². The molecule has 4 heteroatoms. The molecule has 118 valence electrons. The van der Waals surface area contributed by atoms with Crippen LogP contribution in [0, 0.1) is 17.1 Å². The molecule has 0 heterocycles. The Morgan fingerprint density at radius 2 is 1.83 bits per heavy atom. The number of nitrogens with one attached hydrogen (secondary N) is 1. The van der Waals surface area contributed by atoms with Crippen LogP contribution >= 0.6 is 0 Å². The molecule has 0 amide bonds. The van der Waals surface area contributed by atoms with Crippen molar-refractivity contribution in [2.45, 2.75) is 19.1 Å². The molecule has 0 saturated carbocycles. The van der Waals surface area contributed by atoms with Gasteiger partial charge in [0.25, 0.3) is 0 Å². The lowest BCUT2D eigenvalue weighted by Gasteiger charge is -2.20. The van der Waals surface area contributed by atoms with E-state index in [1.807, 2.05) is 31.2 Å². The number of aliphatic hydroxyl groups is 1. The molecule has 2 rings (SSSR count). The van der Waals surface area contributed by atoms with E-state index in [4.69, 9.17) is 5.26 Å². The first kappa shape index (κ1) is 16.9. The number of hydrogen-bond acceptors (Lipinski definition) is 3. The fourth-order valence-corrected chi connectivity index (χ4v) is 2.18. The van der Waals surface area contributed by atoms with E-state index in [-0.39, 0.29) is 11.9 Å². The second-order valence-corrected chi connectivity index (χ2v) is 5.33. The Bertz CT molecular complexity index is 687.